The highest BCUT2D eigenvalue weighted by atomic mass is 35.5. The van der Waals surface area contributed by atoms with E-state index < -0.39 is 14.5 Å². The molecule has 320 valence electrons. The van der Waals surface area contributed by atoms with E-state index in [-0.39, 0.29) is 11.9 Å². The molecule has 1 aliphatic heterocycles. The molecule has 0 spiro atoms. The maximum absolute atomic E-state index is 15.4. The molecule has 2 atom stereocenters. The number of pyridine rings is 1. The molecule has 1 aliphatic carbocycles. The predicted molar refractivity (Wildman–Crippen MR) is 246 cm³/mol. The average Bonchev–Trinajstić information content (AvgIpc) is 3.74. The smallest absolute Gasteiger partial charge is 0.162 e. The number of hydrogen-bond donors (Lipinski definition) is 3. The standard InChI is InChI=1S/C48H50ClFN8O3S/c1-3-37(38-14-11-35(49)27-41(38)50)45(33-10-15-42-34(26-33)29-54-57-42)32-8-12-36(13-9-32)61-23-6-4-5-7-25-62(51,59)48(18-19-48)43-28-44(58-22-24-60-30-31(58)2)56-47(55-43)40-17-21-53-46-39(40)16-20-52-46/h8-17,20-21,26-29,31,51H,3-7,18-19,22-25,30H2,1-2H3,(H,52,53)(H,54,57)/b45-37+/t31-,62?/m1/s1. The highest BCUT2D eigenvalue weighted by molar-refractivity contribution is 7.93. The maximum Gasteiger partial charge on any atom is 0.162 e. The topological polar surface area (TPSA) is 146 Å². The molecule has 0 radical (unpaired) electrons. The minimum atomic E-state index is -3.02. The first-order chi connectivity index (χ1) is 30.1. The number of rotatable bonds is 16. The normalized spacial score (nSPS) is 17.5. The van der Waals surface area contributed by atoms with E-state index in [9.17, 15) is 8.99 Å². The Labute approximate surface area is 366 Å². The summed E-state index contributed by atoms with van der Waals surface area (Å²) in [6, 6.07) is 24.9. The van der Waals surface area contributed by atoms with Crippen LogP contribution in [0.15, 0.2) is 97.5 Å². The molecule has 4 aromatic heterocycles. The monoisotopic (exact) mass is 872 g/mol. The highest BCUT2D eigenvalue weighted by Crippen LogP contribution is 2.54. The van der Waals surface area contributed by atoms with Crippen LogP contribution >= 0.6 is 11.6 Å². The van der Waals surface area contributed by atoms with Crippen molar-refractivity contribution >= 4 is 60.2 Å². The largest absolute Gasteiger partial charge is 0.494 e. The third kappa shape index (κ3) is 8.33. The van der Waals surface area contributed by atoms with Gasteiger partial charge in [0.15, 0.2) is 5.82 Å². The zero-order chi connectivity index (χ0) is 42.8. The second kappa shape index (κ2) is 17.6. The molecule has 11 nitrogen and oxygen atoms in total. The minimum absolute atomic E-state index is 0.120. The molecule has 14 heteroatoms. The van der Waals surface area contributed by atoms with Crippen LogP contribution in [0.1, 0.15) is 81.2 Å². The summed E-state index contributed by atoms with van der Waals surface area (Å²) < 4.78 is 50.2. The Morgan fingerprint density at radius 3 is 2.63 bits per heavy atom. The summed E-state index contributed by atoms with van der Waals surface area (Å²) >= 11 is 6.13. The van der Waals surface area contributed by atoms with Crippen molar-refractivity contribution in [2.45, 2.75) is 69.6 Å². The number of hydrogen-bond acceptors (Lipinski definition) is 9. The molecule has 62 heavy (non-hydrogen) atoms. The van der Waals surface area contributed by atoms with Gasteiger partial charge in [0.1, 0.15) is 23.0 Å². The van der Waals surface area contributed by atoms with Gasteiger partial charge in [0.25, 0.3) is 0 Å². The van der Waals surface area contributed by atoms with E-state index >= 15 is 4.39 Å². The number of unbranched alkanes of at least 4 members (excludes halogenated alkanes) is 3. The van der Waals surface area contributed by atoms with Crippen molar-refractivity contribution in [1.82, 2.24) is 30.1 Å². The summed E-state index contributed by atoms with van der Waals surface area (Å²) in [6.07, 6.45) is 10.6. The highest BCUT2D eigenvalue weighted by Gasteiger charge is 2.54. The maximum atomic E-state index is 15.4. The van der Waals surface area contributed by atoms with Crippen LogP contribution < -0.4 is 9.64 Å². The summed E-state index contributed by atoms with van der Waals surface area (Å²) in [6.45, 7) is 6.58. The number of aromatic nitrogens is 6. The number of ether oxygens (including phenoxy) is 2. The lowest BCUT2D eigenvalue weighted by molar-refractivity contribution is 0.0985. The van der Waals surface area contributed by atoms with E-state index in [1.165, 1.54) is 6.07 Å². The van der Waals surface area contributed by atoms with E-state index in [1.54, 1.807) is 24.5 Å². The van der Waals surface area contributed by atoms with Gasteiger partial charge in [-0.3, -0.25) is 9.88 Å². The van der Waals surface area contributed by atoms with Crippen molar-refractivity contribution in [2.24, 2.45) is 0 Å². The van der Waals surface area contributed by atoms with E-state index in [0.29, 0.717) is 79.9 Å². The first kappa shape index (κ1) is 41.7. The van der Waals surface area contributed by atoms with Crippen LogP contribution in [-0.4, -0.2) is 72.5 Å². The number of nitrogens with one attached hydrogen (secondary N) is 3. The molecular weight excluding hydrogens is 823 g/mol. The van der Waals surface area contributed by atoms with Gasteiger partial charge in [-0.1, -0.05) is 55.6 Å². The van der Waals surface area contributed by atoms with Crippen LogP contribution in [0.2, 0.25) is 5.02 Å². The minimum Gasteiger partial charge on any atom is -0.494 e. The first-order valence-electron chi connectivity index (χ1n) is 21.4. The van der Waals surface area contributed by atoms with Gasteiger partial charge in [0, 0.05) is 57.7 Å². The Morgan fingerprint density at radius 2 is 1.84 bits per heavy atom. The molecule has 1 saturated heterocycles. The van der Waals surface area contributed by atoms with Crippen LogP contribution in [0.5, 0.6) is 5.75 Å². The van der Waals surface area contributed by atoms with Gasteiger partial charge in [0.2, 0.25) is 0 Å². The molecule has 2 aliphatic rings. The van der Waals surface area contributed by atoms with Crippen molar-refractivity contribution in [3.8, 4) is 17.1 Å². The third-order valence-corrected chi connectivity index (χ3v) is 15.2. The van der Waals surface area contributed by atoms with Crippen molar-refractivity contribution in [3.05, 3.63) is 131 Å². The van der Waals surface area contributed by atoms with Crippen LogP contribution in [0.25, 0.3) is 44.5 Å². The molecule has 1 saturated carbocycles. The molecule has 7 aromatic rings. The zero-order valence-electron chi connectivity index (χ0n) is 34.9. The Bertz CT molecular complexity index is 2870. The lowest BCUT2D eigenvalue weighted by atomic mass is 9.87. The number of halogens is 2. The first-order valence-corrected chi connectivity index (χ1v) is 23.5. The Balaban J connectivity index is 0.845. The molecule has 3 N–H and O–H groups in total. The van der Waals surface area contributed by atoms with E-state index in [2.05, 4.69) is 38.1 Å². The lowest BCUT2D eigenvalue weighted by Gasteiger charge is -2.35. The fraction of sp³-hybridized carbons (Fsp3) is 0.333. The Hall–Kier alpha value is -5.63. The number of fused-ring (bicyclic) bond motifs is 2. The summed E-state index contributed by atoms with van der Waals surface area (Å²) in [7, 11) is -3.02. The quantitative estimate of drug-likeness (QED) is 0.0643. The van der Waals surface area contributed by atoms with Gasteiger partial charge in [-0.25, -0.2) is 23.6 Å². The lowest BCUT2D eigenvalue weighted by Crippen LogP contribution is -2.44. The second-order valence-corrected chi connectivity index (χ2v) is 19.3. The second-order valence-electron chi connectivity index (χ2n) is 16.3. The van der Waals surface area contributed by atoms with Gasteiger partial charge in [-0.05, 0) is 110 Å². The van der Waals surface area contributed by atoms with Gasteiger partial charge in [0.05, 0.1) is 57.7 Å². The van der Waals surface area contributed by atoms with Crippen molar-refractivity contribution in [2.75, 3.05) is 37.0 Å². The van der Waals surface area contributed by atoms with Crippen LogP contribution in [0.4, 0.5) is 10.2 Å². The van der Waals surface area contributed by atoms with Gasteiger partial charge < -0.3 is 19.4 Å². The Kier molecular flexibility index (Phi) is 11.9. The molecule has 0 bridgehead atoms. The average molecular weight is 873 g/mol. The van der Waals surface area contributed by atoms with Crippen molar-refractivity contribution in [3.63, 3.8) is 0 Å². The van der Waals surface area contributed by atoms with Crippen LogP contribution in [0.3, 0.4) is 0 Å². The van der Waals surface area contributed by atoms with Crippen molar-refractivity contribution in [1.29, 1.82) is 4.78 Å². The molecule has 5 heterocycles. The molecule has 1 unspecified atom stereocenters. The van der Waals surface area contributed by atoms with E-state index in [0.717, 1.165) is 80.6 Å². The van der Waals surface area contributed by atoms with Gasteiger partial charge >= 0.3 is 0 Å². The predicted octanol–water partition coefficient (Wildman–Crippen LogP) is 11.0. The van der Waals surface area contributed by atoms with Crippen LogP contribution in [0, 0.1) is 10.6 Å². The molecule has 0 amide bonds. The summed E-state index contributed by atoms with van der Waals surface area (Å²) in [4.78, 5) is 20.0. The molecule has 3 aromatic carbocycles. The summed E-state index contributed by atoms with van der Waals surface area (Å²) in [5.74, 6) is 2.04. The molecular formula is C48H50ClFN8O3S. The number of benzene rings is 3. The molecule has 2 fully saturated rings. The fourth-order valence-corrected chi connectivity index (χ4v) is 11.1. The number of H-pyrrole nitrogens is 2. The number of aromatic amines is 2. The van der Waals surface area contributed by atoms with Crippen LogP contribution in [-0.2, 0) is 19.2 Å². The number of morpholine rings is 1. The fourth-order valence-electron chi connectivity index (χ4n) is 8.74. The summed E-state index contributed by atoms with van der Waals surface area (Å²) in [5, 5.41) is 9.45. The Morgan fingerprint density at radius 1 is 1.02 bits per heavy atom. The number of allylic oxidation sites excluding steroid dienone is 1. The SMILES string of the molecule is CC/C(=C(/c1ccc(OCCCCCCS(=N)(=O)C2(c3cc(N4CCOC[C@H]4C)nc(-c4ccnc5[nH]ccc45)n3)CC2)cc1)c1ccc2[nH]ncc2c1)c1ccc(Cl)cc1F. The van der Waals surface area contributed by atoms with Crippen molar-refractivity contribution < 1.29 is 18.1 Å². The number of nitrogens with zero attached hydrogens (tertiary/aromatic N) is 5. The van der Waals surface area contributed by atoms with E-state index in [4.69, 9.17) is 31.0 Å². The van der Waals surface area contributed by atoms with Gasteiger partial charge in [-0.2, -0.15) is 5.10 Å². The number of anilines is 1. The molecule has 9 rings (SSSR count). The summed E-state index contributed by atoms with van der Waals surface area (Å²) in [5.41, 5.74) is 7.45. The van der Waals surface area contributed by atoms with Gasteiger partial charge in [-0.15, -0.1) is 0 Å². The van der Waals surface area contributed by atoms with E-state index in [1.807, 2.05) is 67.7 Å². The zero-order valence-corrected chi connectivity index (χ0v) is 36.5. The third-order valence-electron chi connectivity index (χ3n) is 12.3.